The number of oxime groups is 1. The number of methoxy groups -OCH3 is 2. The molecular formula is C18H19BrN2O4. The number of ether oxygens (including phenoxy) is 2. The Morgan fingerprint density at radius 2 is 2.00 bits per heavy atom. The fraction of sp³-hybridized carbons (Fsp3) is 0.222. The average molecular weight is 407 g/mol. The van der Waals surface area contributed by atoms with E-state index in [1.54, 1.807) is 32.4 Å². The van der Waals surface area contributed by atoms with Crippen LogP contribution in [0.2, 0.25) is 0 Å². The number of nitrogens with zero attached hydrogens (tertiary/aromatic N) is 1. The molecular weight excluding hydrogens is 388 g/mol. The van der Waals surface area contributed by atoms with Crippen LogP contribution in [0.15, 0.2) is 46.0 Å². The lowest BCUT2D eigenvalue weighted by molar-refractivity contribution is -0.120. The van der Waals surface area contributed by atoms with Gasteiger partial charge in [0.1, 0.15) is 11.5 Å². The van der Waals surface area contributed by atoms with Gasteiger partial charge in [-0.2, -0.15) is 0 Å². The van der Waals surface area contributed by atoms with E-state index in [0.717, 1.165) is 15.7 Å². The lowest BCUT2D eigenvalue weighted by Gasteiger charge is -2.08. The summed E-state index contributed by atoms with van der Waals surface area (Å²) in [5, 5.41) is 6.59. The topological polar surface area (TPSA) is 69.1 Å². The third-order valence-electron chi connectivity index (χ3n) is 3.36. The maximum absolute atomic E-state index is 11.9. The van der Waals surface area contributed by atoms with Gasteiger partial charge in [0.25, 0.3) is 5.91 Å². The second kappa shape index (κ2) is 9.08. The predicted molar refractivity (Wildman–Crippen MR) is 101 cm³/mol. The Labute approximate surface area is 154 Å². The summed E-state index contributed by atoms with van der Waals surface area (Å²) < 4.78 is 11.4. The maximum Gasteiger partial charge on any atom is 0.265 e. The molecule has 2 aromatic rings. The quantitative estimate of drug-likeness (QED) is 0.561. The van der Waals surface area contributed by atoms with E-state index in [4.69, 9.17) is 14.3 Å². The third kappa shape index (κ3) is 5.49. The van der Waals surface area contributed by atoms with Crippen LogP contribution in [-0.4, -0.2) is 32.9 Å². The summed E-state index contributed by atoms with van der Waals surface area (Å²) in [4.78, 5) is 17.0. The number of rotatable bonds is 7. The highest BCUT2D eigenvalue weighted by Crippen LogP contribution is 2.22. The molecule has 0 aliphatic carbocycles. The van der Waals surface area contributed by atoms with Crippen LogP contribution < -0.4 is 14.8 Å². The minimum Gasteiger partial charge on any atom is -0.497 e. The zero-order chi connectivity index (χ0) is 18.2. The standard InChI is InChI=1S/C18H19BrN2O4/c1-12-8-14(19)4-6-16(12)21-18(22)11-25-20-10-13-9-15(23-2)5-7-17(13)24-3/h4-10H,11H2,1-3H3,(H,21,22)/b20-10+. The average Bonchev–Trinajstić information content (AvgIpc) is 2.61. The van der Waals surface area contributed by atoms with E-state index < -0.39 is 0 Å². The second-order valence-corrected chi connectivity index (χ2v) is 6.04. The van der Waals surface area contributed by atoms with Crippen molar-refractivity contribution < 1.29 is 19.1 Å². The van der Waals surface area contributed by atoms with E-state index >= 15 is 0 Å². The molecule has 132 valence electrons. The van der Waals surface area contributed by atoms with E-state index in [2.05, 4.69) is 26.4 Å². The Kier molecular flexibility index (Phi) is 6.82. The number of amides is 1. The molecule has 0 saturated heterocycles. The van der Waals surface area contributed by atoms with Crippen molar-refractivity contribution >= 4 is 33.7 Å². The van der Waals surface area contributed by atoms with Gasteiger partial charge in [-0.1, -0.05) is 21.1 Å². The van der Waals surface area contributed by atoms with Gasteiger partial charge in [-0.05, 0) is 48.9 Å². The van der Waals surface area contributed by atoms with Crippen molar-refractivity contribution in [3.05, 3.63) is 52.0 Å². The molecule has 0 atom stereocenters. The molecule has 0 bridgehead atoms. The lowest BCUT2D eigenvalue weighted by atomic mass is 10.2. The molecule has 2 rings (SSSR count). The van der Waals surface area contributed by atoms with E-state index in [1.165, 1.54) is 6.21 Å². The summed E-state index contributed by atoms with van der Waals surface area (Å²) in [5.41, 5.74) is 2.37. The van der Waals surface area contributed by atoms with Gasteiger partial charge < -0.3 is 19.6 Å². The number of hydrogen-bond donors (Lipinski definition) is 1. The number of carbonyl (C=O) groups is 1. The molecule has 0 radical (unpaired) electrons. The van der Waals surface area contributed by atoms with Crippen molar-refractivity contribution in [3.63, 3.8) is 0 Å². The summed E-state index contributed by atoms with van der Waals surface area (Å²) in [6.45, 7) is 1.72. The maximum atomic E-state index is 11.9. The number of nitrogens with one attached hydrogen (secondary N) is 1. The summed E-state index contributed by atoms with van der Waals surface area (Å²) in [6.07, 6.45) is 1.47. The van der Waals surface area contributed by atoms with E-state index in [1.807, 2.05) is 25.1 Å². The van der Waals surface area contributed by atoms with Crippen molar-refractivity contribution in [1.82, 2.24) is 0 Å². The first-order chi connectivity index (χ1) is 12.0. The monoisotopic (exact) mass is 406 g/mol. The molecule has 0 aromatic heterocycles. The molecule has 0 aliphatic rings. The van der Waals surface area contributed by atoms with Crippen molar-refractivity contribution in [1.29, 1.82) is 0 Å². The number of carbonyl (C=O) groups excluding carboxylic acids is 1. The van der Waals surface area contributed by atoms with Gasteiger partial charge in [0.05, 0.1) is 20.4 Å². The third-order valence-corrected chi connectivity index (χ3v) is 3.85. The predicted octanol–water partition coefficient (Wildman–Crippen LogP) is 3.76. The van der Waals surface area contributed by atoms with Crippen LogP contribution in [0.4, 0.5) is 5.69 Å². The van der Waals surface area contributed by atoms with E-state index in [9.17, 15) is 4.79 Å². The summed E-state index contributed by atoms with van der Waals surface area (Å²) in [5.74, 6) is 1.01. The second-order valence-electron chi connectivity index (χ2n) is 5.12. The van der Waals surface area contributed by atoms with Crippen LogP contribution >= 0.6 is 15.9 Å². The van der Waals surface area contributed by atoms with Gasteiger partial charge in [0, 0.05) is 15.7 Å². The molecule has 0 unspecified atom stereocenters. The Balaban J connectivity index is 1.91. The van der Waals surface area contributed by atoms with Crippen LogP contribution in [0.25, 0.3) is 0 Å². The lowest BCUT2D eigenvalue weighted by Crippen LogP contribution is -2.17. The van der Waals surface area contributed by atoms with E-state index in [0.29, 0.717) is 17.1 Å². The van der Waals surface area contributed by atoms with E-state index in [-0.39, 0.29) is 12.5 Å². The van der Waals surface area contributed by atoms with Gasteiger partial charge in [0.15, 0.2) is 6.61 Å². The Morgan fingerprint density at radius 1 is 1.20 bits per heavy atom. The van der Waals surface area contributed by atoms with Crippen molar-refractivity contribution in [2.24, 2.45) is 5.16 Å². The Morgan fingerprint density at radius 3 is 2.68 bits per heavy atom. The van der Waals surface area contributed by atoms with Crippen LogP contribution in [0, 0.1) is 6.92 Å². The molecule has 7 heteroatoms. The molecule has 0 heterocycles. The zero-order valence-electron chi connectivity index (χ0n) is 14.2. The molecule has 1 N–H and O–H groups in total. The first-order valence-corrected chi connectivity index (χ1v) is 8.26. The normalized spacial score (nSPS) is 10.6. The van der Waals surface area contributed by atoms with Crippen LogP contribution in [0.3, 0.4) is 0 Å². The SMILES string of the molecule is COc1ccc(OC)c(/C=N/OCC(=O)Nc2ccc(Br)cc2C)c1. The number of halogens is 1. The molecule has 0 saturated carbocycles. The number of aryl methyl sites for hydroxylation is 1. The van der Waals surface area contributed by atoms with Gasteiger partial charge in [-0.15, -0.1) is 0 Å². The molecule has 25 heavy (non-hydrogen) atoms. The summed E-state index contributed by atoms with van der Waals surface area (Å²) >= 11 is 3.38. The molecule has 0 fully saturated rings. The van der Waals surface area contributed by atoms with Crippen molar-refractivity contribution in [2.75, 3.05) is 26.1 Å². The molecule has 2 aromatic carbocycles. The number of anilines is 1. The van der Waals surface area contributed by atoms with Crippen LogP contribution in [-0.2, 0) is 9.63 Å². The highest BCUT2D eigenvalue weighted by atomic mass is 79.9. The first kappa shape index (κ1) is 18.8. The van der Waals surface area contributed by atoms with Crippen LogP contribution in [0.5, 0.6) is 11.5 Å². The van der Waals surface area contributed by atoms with Gasteiger partial charge in [0.2, 0.25) is 0 Å². The molecule has 0 aliphatic heterocycles. The molecule has 6 nitrogen and oxygen atoms in total. The van der Waals surface area contributed by atoms with Crippen molar-refractivity contribution in [3.8, 4) is 11.5 Å². The van der Waals surface area contributed by atoms with Crippen molar-refractivity contribution in [2.45, 2.75) is 6.92 Å². The fourth-order valence-corrected chi connectivity index (χ4v) is 2.56. The largest absolute Gasteiger partial charge is 0.497 e. The minimum atomic E-state index is -0.292. The van der Waals surface area contributed by atoms with Gasteiger partial charge in [-0.25, -0.2) is 0 Å². The fourth-order valence-electron chi connectivity index (χ4n) is 2.08. The molecule has 0 spiro atoms. The summed E-state index contributed by atoms with van der Waals surface area (Å²) in [7, 11) is 3.14. The highest BCUT2D eigenvalue weighted by molar-refractivity contribution is 9.10. The summed E-state index contributed by atoms with van der Waals surface area (Å²) in [6, 6.07) is 10.9. The molecule has 1 amide bonds. The zero-order valence-corrected chi connectivity index (χ0v) is 15.8. The smallest absolute Gasteiger partial charge is 0.265 e. The minimum absolute atomic E-state index is 0.196. The van der Waals surface area contributed by atoms with Gasteiger partial charge >= 0.3 is 0 Å². The first-order valence-electron chi connectivity index (χ1n) is 7.47. The number of benzene rings is 2. The Hall–Kier alpha value is -2.54. The highest BCUT2D eigenvalue weighted by Gasteiger charge is 2.06. The van der Waals surface area contributed by atoms with Gasteiger partial charge in [-0.3, -0.25) is 4.79 Å². The Bertz CT molecular complexity index is 778. The van der Waals surface area contributed by atoms with Crippen LogP contribution in [0.1, 0.15) is 11.1 Å². The number of hydrogen-bond acceptors (Lipinski definition) is 5.